The fourth-order valence-electron chi connectivity index (χ4n) is 2.17. The summed E-state index contributed by atoms with van der Waals surface area (Å²) >= 11 is 0. The van der Waals surface area contributed by atoms with Crippen LogP contribution in [0.5, 0.6) is 11.5 Å². The van der Waals surface area contributed by atoms with Crippen LogP contribution in [0.4, 0.5) is 0 Å². The summed E-state index contributed by atoms with van der Waals surface area (Å²) in [6.45, 7) is -0.334. The van der Waals surface area contributed by atoms with Crippen molar-refractivity contribution in [1.29, 1.82) is 5.26 Å². The van der Waals surface area contributed by atoms with Gasteiger partial charge in [-0.25, -0.2) is 0 Å². The summed E-state index contributed by atoms with van der Waals surface area (Å²) in [5.74, 6) is -0.539. The minimum absolute atomic E-state index is 0.312. The number of benzene rings is 2. The Morgan fingerprint density at radius 3 is 2.52 bits per heavy atom. The van der Waals surface area contributed by atoms with Gasteiger partial charge in [0.2, 0.25) is 5.91 Å². The highest BCUT2D eigenvalue weighted by atomic mass is 16.5. The van der Waals surface area contributed by atoms with Gasteiger partial charge in [-0.3, -0.25) is 9.59 Å². The highest BCUT2D eigenvalue weighted by Gasteiger charge is 2.20. The molecule has 3 N–H and O–H groups in total. The third-order valence-corrected chi connectivity index (χ3v) is 3.37. The maximum Gasteiger partial charge on any atom is 0.258 e. The molecule has 0 heterocycles. The van der Waals surface area contributed by atoms with Crippen molar-refractivity contribution in [2.24, 2.45) is 5.73 Å². The molecule has 0 aromatic heterocycles. The molecule has 7 nitrogen and oxygen atoms in total. The zero-order valence-corrected chi connectivity index (χ0v) is 13.6. The van der Waals surface area contributed by atoms with Crippen LogP contribution in [-0.4, -0.2) is 25.5 Å². The van der Waals surface area contributed by atoms with E-state index in [1.54, 1.807) is 36.4 Å². The van der Waals surface area contributed by atoms with Gasteiger partial charge in [0.1, 0.15) is 6.04 Å². The van der Waals surface area contributed by atoms with Crippen LogP contribution in [0.25, 0.3) is 0 Å². The number of carbonyl (C=O) groups is 2. The molecular formula is C18H17N3O4. The number of nitrogens with zero attached hydrogens (tertiary/aromatic N) is 1. The Balaban J connectivity index is 2.03. The minimum Gasteiger partial charge on any atom is -0.493 e. The summed E-state index contributed by atoms with van der Waals surface area (Å²) < 4.78 is 10.5. The van der Waals surface area contributed by atoms with Gasteiger partial charge in [-0.05, 0) is 17.7 Å². The van der Waals surface area contributed by atoms with Crippen LogP contribution in [-0.2, 0) is 9.59 Å². The first-order chi connectivity index (χ1) is 12.0. The Labute approximate surface area is 145 Å². The molecule has 2 aromatic carbocycles. The highest BCUT2D eigenvalue weighted by Crippen LogP contribution is 2.27. The first-order valence-corrected chi connectivity index (χ1v) is 7.39. The number of methoxy groups -OCH3 is 1. The van der Waals surface area contributed by atoms with Crippen LogP contribution in [0, 0.1) is 11.3 Å². The van der Waals surface area contributed by atoms with Crippen LogP contribution in [0.3, 0.4) is 0 Å². The lowest BCUT2D eigenvalue weighted by Crippen LogP contribution is -2.39. The van der Waals surface area contributed by atoms with Gasteiger partial charge in [0.15, 0.2) is 18.1 Å². The van der Waals surface area contributed by atoms with Gasteiger partial charge < -0.3 is 20.5 Å². The number of hydrogen-bond acceptors (Lipinski definition) is 5. The monoisotopic (exact) mass is 339 g/mol. The second kappa shape index (κ2) is 8.36. The summed E-state index contributed by atoms with van der Waals surface area (Å²) in [5, 5.41) is 11.4. The average Bonchev–Trinajstić information content (AvgIpc) is 2.64. The van der Waals surface area contributed by atoms with Gasteiger partial charge >= 0.3 is 0 Å². The van der Waals surface area contributed by atoms with Crippen LogP contribution in [0.1, 0.15) is 17.2 Å². The minimum atomic E-state index is -0.944. The fraction of sp³-hybridized carbons (Fsp3) is 0.167. The Morgan fingerprint density at radius 2 is 1.92 bits per heavy atom. The molecule has 2 amide bonds. The van der Waals surface area contributed by atoms with Crippen molar-refractivity contribution in [2.45, 2.75) is 6.04 Å². The van der Waals surface area contributed by atoms with Gasteiger partial charge in [0, 0.05) is 6.07 Å². The van der Waals surface area contributed by atoms with Gasteiger partial charge in [0.25, 0.3) is 5.91 Å². The number of nitrogens with one attached hydrogen (secondary N) is 1. The smallest absolute Gasteiger partial charge is 0.258 e. The first kappa shape index (κ1) is 17.8. The van der Waals surface area contributed by atoms with Gasteiger partial charge in [-0.2, -0.15) is 5.26 Å². The van der Waals surface area contributed by atoms with Crippen LogP contribution >= 0.6 is 0 Å². The molecule has 0 aliphatic carbocycles. The van der Waals surface area contributed by atoms with Crippen molar-refractivity contribution in [3.63, 3.8) is 0 Å². The summed E-state index contributed by atoms with van der Waals surface area (Å²) in [4.78, 5) is 23.7. The number of carbonyl (C=O) groups excluding carboxylic acids is 2. The molecule has 0 aliphatic rings. The summed E-state index contributed by atoms with van der Waals surface area (Å²) in [5.41, 5.74) is 6.35. The zero-order chi connectivity index (χ0) is 18.2. The van der Waals surface area contributed by atoms with E-state index in [-0.39, 0.29) is 6.61 Å². The van der Waals surface area contributed by atoms with E-state index < -0.39 is 17.9 Å². The van der Waals surface area contributed by atoms with E-state index in [1.807, 2.05) is 6.07 Å². The van der Waals surface area contributed by atoms with Crippen molar-refractivity contribution in [3.05, 3.63) is 59.7 Å². The standard InChI is InChI=1S/C18H17N3O4/c1-24-15-9-12(10-19)7-8-14(15)25-11-16(22)21-17(18(20)23)13-5-3-2-4-6-13/h2-9,17H,11H2,1H3,(H2,20,23)(H,21,22). The molecule has 7 heteroatoms. The number of nitriles is 1. The summed E-state index contributed by atoms with van der Waals surface area (Å²) in [6.07, 6.45) is 0. The van der Waals surface area contributed by atoms with E-state index in [0.29, 0.717) is 22.6 Å². The van der Waals surface area contributed by atoms with E-state index in [0.717, 1.165) is 0 Å². The molecule has 1 atom stereocenters. The number of primary amides is 1. The molecule has 2 rings (SSSR count). The van der Waals surface area contributed by atoms with Gasteiger partial charge in [0.05, 0.1) is 18.7 Å². The quantitative estimate of drug-likeness (QED) is 0.789. The third kappa shape index (κ3) is 4.72. The molecule has 0 bridgehead atoms. The number of hydrogen-bond donors (Lipinski definition) is 2. The average molecular weight is 339 g/mol. The predicted octanol–water partition coefficient (Wildman–Crippen LogP) is 1.29. The number of ether oxygens (including phenoxy) is 2. The molecule has 0 radical (unpaired) electrons. The lowest BCUT2D eigenvalue weighted by molar-refractivity contribution is -0.128. The Kier molecular flexibility index (Phi) is 5.96. The lowest BCUT2D eigenvalue weighted by atomic mass is 10.1. The van der Waals surface area contributed by atoms with Crippen LogP contribution in [0.15, 0.2) is 48.5 Å². The summed E-state index contributed by atoms with van der Waals surface area (Å²) in [6, 6.07) is 14.3. The second-order valence-electron chi connectivity index (χ2n) is 5.08. The fourth-order valence-corrected chi connectivity index (χ4v) is 2.17. The van der Waals surface area contributed by atoms with E-state index in [4.69, 9.17) is 20.5 Å². The van der Waals surface area contributed by atoms with Crippen LogP contribution < -0.4 is 20.5 Å². The predicted molar refractivity (Wildman–Crippen MR) is 89.7 cm³/mol. The number of amides is 2. The Morgan fingerprint density at radius 1 is 1.20 bits per heavy atom. The van der Waals surface area contributed by atoms with E-state index in [2.05, 4.69) is 5.32 Å². The zero-order valence-electron chi connectivity index (χ0n) is 13.6. The van der Waals surface area contributed by atoms with Crippen molar-refractivity contribution in [2.75, 3.05) is 13.7 Å². The normalized spacial score (nSPS) is 11.0. The molecular weight excluding hydrogens is 322 g/mol. The molecule has 0 aliphatic heterocycles. The Hall–Kier alpha value is -3.53. The first-order valence-electron chi connectivity index (χ1n) is 7.39. The molecule has 0 spiro atoms. The number of nitrogens with two attached hydrogens (primary N) is 1. The topological polar surface area (TPSA) is 114 Å². The SMILES string of the molecule is COc1cc(C#N)ccc1OCC(=O)NC(C(N)=O)c1ccccc1. The molecule has 0 saturated carbocycles. The van der Waals surface area contributed by atoms with Crippen molar-refractivity contribution in [1.82, 2.24) is 5.32 Å². The van der Waals surface area contributed by atoms with E-state index in [1.165, 1.54) is 19.2 Å². The van der Waals surface area contributed by atoms with E-state index >= 15 is 0 Å². The Bertz CT molecular complexity index is 800. The van der Waals surface area contributed by atoms with Gasteiger partial charge in [-0.15, -0.1) is 0 Å². The summed E-state index contributed by atoms with van der Waals surface area (Å²) in [7, 11) is 1.43. The lowest BCUT2D eigenvalue weighted by Gasteiger charge is -2.16. The maximum absolute atomic E-state index is 12.1. The van der Waals surface area contributed by atoms with Crippen LogP contribution in [0.2, 0.25) is 0 Å². The maximum atomic E-state index is 12.1. The third-order valence-electron chi connectivity index (χ3n) is 3.37. The van der Waals surface area contributed by atoms with Crippen molar-refractivity contribution >= 4 is 11.8 Å². The molecule has 25 heavy (non-hydrogen) atoms. The molecule has 2 aromatic rings. The highest BCUT2D eigenvalue weighted by molar-refractivity contribution is 5.88. The van der Waals surface area contributed by atoms with Gasteiger partial charge in [-0.1, -0.05) is 30.3 Å². The second-order valence-corrected chi connectivity index (χ2v) is 5.08. The molecule has 128 valence electrons. The van der Waals surface area contributed by atoms with E-state index in [9.17, 15) is 9.59 Å². The van der Waals surface area contributed by atoms with Crippen molar-refractivity contribution in [3.8, 4) is 17.6 Å². The molecule has 0 fully saturated rings. The molecule has 0 saturated heterocycles. The van der Waals surface area contributed by atoms with Crippen molar-refractivity contribution < 1.29 is 19.1 Å². The molecule has 1 unspecified atom stereocenters. The number of rotatable bonds is 7. The largest absolute Gasteiger partial charge is 0.493 e.